The van der Waals surface area contributed by atoms with Gasteiger partial charge in [-0.3, -0.25) is 14.5 Å². The van der Waals surface area contributed by atoms with E-state index < -0.39 is 23.9 Å². The van der Waals surface area contributed by atoms with Crippen LogP contribution in [0.2, 0.25) is 0 Å². The third-order valence-electron chi connectivity index (χ3n) is 3.20. The van der Waals surface area contributed by atoms with Gasteiger partial charge in [0.1, 0.15) is 10.4 Å². The Labute approximate surface area is 155 Å². The van der Waals surface area contributed by atoms with Crippen LogP contribution in [0.15, 0.2) is 33.6 Å². The van der Waals surface area contributed by atoms with Crippen LogP contribution in [0.4, 0.5) is 0 Å². The smallest absolute Gasteiger partial charge is 0.326 e. The maximum atomic E-state index is 12.5. The van der Waals surface area contributed by atoms with Crippen molar-refractivity contribution in [1.29, 1.82) is 0 Å². The highest BCUT2D eigenvalue weighted by Crippen LogP contribution is 2.35. The Hall–Kier alpha value is -1.71. The summed E-state index contributed by atoms with van der Waals surface area (Å²) in [5.41, 5.74) is 0.766. The van der Waals surface area contributed by atoms with Gasteiger partial charge in [0.15, 0.2) is 0 Å². The molecule has 0 radical (unpaired) electrons. The van der Waals surface area contributed by atoms with Crippen LogP contribution in [0.5, 0.6) is 0 Å². The predicted octanol–water partition coefficient (Wildman–Crippen LogP) is 2.97. The largest absolute Gasteiger partial charge is 0.481 e. The number of carbonyl (C=O) groups excluding carboxylic acids is 1. The number of carbonyl (C=O) groups is 3. The summed E-state index contributed by atoms with van der Waals surface area (Å²) in [5.74, 6) is -2.93. The molecular weight excluding hydrogens is 418 g/mol. The molecule has 9 heteroatoms. The van der Waals surface area contributed by atoms with Crippen molar-refractivity contribution in [3.05, 3.63) is 39.2 Å². The number of carboxylic acids is 2. The predicted molar refractivity (Wildman–Crippen MR) is 97.4 cm³/mol. The fraction of sp³-hybridized carbons (Fsp3) is 0.200. The Morgan fingerprint density at radius 2 is 2.08 bits per heavy atom. The van der Waals surface area contributed by atoms with Crippen molar-refractivity contribution in [2.75, 3.05) is 0 Å². The van der Waals surface area contributed by atoms with Crippen LogP contribution in [-0.4, -0.2) is 43.3 Å². The van der Waals surface area contributed by atoms with Gasteiger partial charge in [-0.15, -0.1) is 0 Å². The molecule has 0 spiro atoms. The van der Waals surface area contributed by atoms with Crippen molar-refractivity contribution in [1.82, 2.24) is 4.90 Å². The summed E-state index contributed by atoms with van der Waals surface area (Å²) in [6, 6.07) is 5.97. The van der Waals surface area contributed by atoms with E-state index in [0.717, 1.165) is 26.7 Å². The van der Waals surface area contributed by atoms with E-state index in [9.17, 15) is 19.5 Å². The number of benzene rings is 1. The molecule has 0 aliphatic carbocycles. The minimum Gasteiger partial charge on any atom is -0.481 e. The van der Waals surface area contributed by atoms with Gasteiger partial charge in [-0.2, -0.15) is 0 Å². The average molecular weight is 430 g/mol. The lowest BCUT2D eigenvalue weighted by Gasteiger charge is -2.22. The molecule has 1 fully saturated rings. The van der Waals surface area contributed by atoms with E-state index in [1.54, 1.807) is 12.1 Å². The third kappa shape index (κ3) is 4.43. The first-order valence-corrected chi connectivity index (χ1v) is 8.78. The van der Waals surface area contributed by atoms with Crippen molar-refractivity contribution in [3.63, 3.8) is 0 Å². The average Bonchev–Trinajstić information content (AvgIpc) is 2.74. The van der Waals surface area contributed by atoms with Crippen LogP contribution in [0, 0.1) is 0 Å². The van der Waals surface area contributed by atoms with Gasteiger partial charge in [0.25, 0.3) is 5.91 Å². The van der Waals surface area contributed by atoms with Gasteiger partial charge < -0.3 is 10.2 Å². The SMILES string of the molecule is O=C(O)CC[C@@H](C(=O)O)N1C(=O)/C(=C/c2cccc(Br)c2)SC1=S. The Bertz CT molecular complexity index is 749. The number of nitrogens with zero attached hydrogens (tertiary/aromatic N) is 1. The molecule has 24 heavy (non-hydrogen) atoms. The van der Waals surface area contributed by atoms with Gasteiger partial charge in [-0.1, -0.05) is 52.0 Å². The second kappa shape index (κ2) is 7.91. The number of thioether (sulfide) groups is 1. The van der Waals surface area contributed by atoms with Crippen molar-refractivity contribution >= 4 is 68.2 Å². The zero-order valence-electron chi connectivity index (χ0n) is 12.1. The van der Waals surface area contributed by atoms with Crippen LogP contribution in [0.1, 0.15) is 18.4 Å². The number of thiocarbonyl (C=S) groups is 1. The van der Waals surface area contributed by atoms with E-state index >= 15 is 0 Å². The van der Waals surface area contributed by atoms with Gasteiger partial charge >= 0.3 is 11.9 Å². The fourth-order valence-corrected chi connectivity index (χ4v) is 3.89. The number of rotatable bonds is 6. The first-order chi connectivity index (χ1) is 11.3. The van der Waals surface area contributed by atoms with Gasteiger partial charge in [-0.05, 0) is 30.2 Å². The third-order valence-corrected chi connectivity index (χ3v) is 5.02. The van der Waals surface area contributed by atoms with Crippen molar-refractivity contribution in [2.45, 2.75) is 18.9 Å². The fourth-order valence-electron chi connectivity index (χ4n) is 2.12. The minimum absolute atomic E-state index is 0.110. The topological polar surface area (TPSA) is 94.9 Å². The zero-order valence-corrected chi connectivity index (χ0v) is 15.4. The monoisotopic (exact) mass is 429 g/mol. The molecule has 2 N–H and O–H groups in total. The molecule has 0 saturated carbocycles. The van der Waals surface area contributed by atoms with Crippen molar-refractivity contribution in [3.8, 4) is 0 Å². The summed E-state index contributed by atoms with van der Waals surface area (Å²) in [6.07, 6.45) is 1.06. The van der Waals surface area contributed by atoms with E-state index in [0.29, 0.717) is 4.91 Å². The Balaban J connectivity index is 2.26. The quantitative estimate of drug-likeness (QED) is 0.529. The van der Waals surface area contributed by atoms with E-state index in [1.165, 1.54) is 0 Å². The lowest BCUT2D eigenvalue weighted by molar-refractivity contribution is -0.146. The molecule has 2 rings (SSSR count). The molecule has 0 unspecified atom stereocenters. The van der Waals surface area contributed by atoms with E-state index in [2.05, 4.69) is 15.9 Å². The number of amides is 1. The van der Waals surface area contributed by atoms with Gasteiger partial charge in [0.05, 0.1) is 4.91 Å². The zero-order chi connectivity index (χ0) is 17.9. The maximum absolute atomic E-state index is 12.5. The summed E-state index contributed by atoms with van der Waals surface area (Å²) in [4.78, 5) is 35.9. The summed E-state index contributed by atoms with van der Waals surface area (Å²) in [7, 11) is 0. The van der Waals surface area contributed by atoms with E-state index in [4.69, 9.17) is 17.3 Å². The molecule has 1 aliphatic rings. The summed E-state index contributed by atoms with van der Waals surface area (Å²) in [5, 5.41) is 18.1. The summed E-state index contributed by atoms with van der Waals surface area (Å²) < 4.78 is 0.954. The van der Waals surface area contributed by atoms with E-state index in [1.807, 2.05) is 18.2 Å². The highest BCUT2D eigenvalue weighted by molar-refractivity contribution is 9.10. The lowest BCUT2D eigenvalue weighted by Crippen LogP contribution is -2.44. The molecule has 1 aliphatic heterocycles. The van der Waals surface area contributed by atoms with Crippen molar-refractivity contribution < 1.29 is 24.6 Å². The number of halogens is 1. The van der Waals surface area contributed by atoms with Crippen LogP contribution in [0.3, 0.4) is 0 Å². The van der Waals surface area contributed by atoms with Crippen LogP contribution in [-0.2, 0) is 14.4 Å². The number of aliphatic carboxylic acids is 2. The highest BCUT2D eigenvalue weighted by Gasteiger charge is 2.40. The van der Waals surface area contributed by atoms with Crippen LogP contribution < -0.4 is 0 Å². The molecule has 1 saturated heterocycles. The second-order valence-electron chi connectivity index (χ2n) is 4.89. The van der Waals surface area contributed by atoms with Crippen LogP contribution >= 0.6 is 39.9 Å². The molecule has 0 bridgehead atoms. The molecule has 0 aromatic heterocycles. The van der Waals surface area contributed by atoms with Gasteiger partial charge in [-0.25, -0.2) is 4.79 Å². The standard InChI is InChI=1S/C15H12BrNO5S2/c16-9-3-1-2-8(6-9)7-11-13(20)17(15(23)24-11)10(14(21)22)4-5-12(18)19/h1-3,6-7,10H,4-5H2,(H,18,19)(H,21,22)/b11-7-/t10-/m0/s1. The van der Waals surface area contributed by atoms with Crippen molar-refractivity contribution in [2.24, 2.45) is 0 Å². The lowest BCUT2D eigenvalue weighted by atomic mass is 10.1. The summed E-state index contributed by atoms with van der Waals surface area (Å²) in [6.45, 7) is 0. The first kappa shape index (κ1) is 18.6. The highest BCUT2D eigenvalue weighted by atomic mass is 79.9. The molecule has 1 amide bonds. The Morgan fingerprint density at radius 3 is 2.67 bits per heavy atom. The summed E-state index contributed by atoms with van der Waals surface area (Å²) >= 11 is 9.46. The maximum Gasteiger partial charge on any atom is 0.326 e. The first-order valence-electron chi connectivity index (χ1n) is 6.77. The second-order valence-corrected chi connectivity index (χ2v) is 7.48. The molecule has 1 heterocycles. The van der Waals surface area contributed by atoms with Gasteiger partial charge in [0.2, 0.25) is 0 Å². The molecule has 6 nitrogen and oxygen atoms in total. The van der Waals surface area contributed by atoms with E-state index in [-0.39, 0.29) is 17.2 Å². The Kier molecular flexibility index (Phi) is 6.14. The normalized spacial score (nSPS) is 17.4. The van der Waals surface area contributed by atoms with Gasteiger partial charge in [0, 0.05) is 10.9 Å². The van der Waals surface area contributed by atoms with Crippen LogP contribution in [0.25, 0.3) is 6.08 Å². The molecule has 126 valence electrons. The molecule has 1 atom stereocenters. The minimum atomic E-state index is -1.29. The Morgan fingerprint density at radius 1 is 1.38 bits per heavy atom. The molecular formula is C15H12BrNO5S2. The number of carboxylic acid groups (broad SMARTS) is 2. The molecule has 1 aromatic carbocycles. The number of hydrogen-bond donors (Lipinski definition) is 2. The molecule has 1 aromatic rings. The number of hydrogen-bond acceptors (Lipinski definition) is 5.